The van der Waals surface area contributed by atoms with Crippen LogP contribution in [0.5, 0.6) is 0 Å². The van der Waals surface area contributed by atoms with Crippen LogP contribution in [0.3, 0.4) is 0 Å². The summed E-state index contributed by atoms with van der Waals surface area (Å²) in [7, 11) is 1.35. The molecule has 0 aromatic carbocycles. The van der Waals surface area contributed by atoms with Gasteiger partial charge in [-0.2, -0.15) is 0 Å². The van der Waals surface area contributed by atoms with Crippen molar-refractivity contribution < 1.29 is 14.3 Å². The van der Waals surface area contributed by atoms with E-state index in [9.17, 15) is 4.79 Å². The van der Waals surface area contributed by atoms with Crippen molar-refractivity contribution in [2.24, 2.45) is 0 Å². The van der Waals surface area contributed by atoms with E-state index in [1.54, 1.807) is 0 Å². The lowest BCUT2D eigenvalue weighted by atomic mass is 10.0. The van der Waals surface area contributed by atoms with Crippen LogP contribution in [0.15, 0.2) is 0 Å². The maximum atomic E-state index is 10.8. The summed E-state index contributed by atoms with van der Waals surface area (Å²) in [6.07, 6.45) is 37.4. The van der Waals surface area contributed by atoms with Crippen LogP contribution in [0.2, 0.25) is 0 Å². The molecule has 0 unspecified atom stereocenters. The van der Waals surface area contributed by atoms with Gasteiger partial charge in [-0.3, -0.25) is 0 Å². The number of carbonyl (C=O) groups excluding carboxylic acids is 1. The lowest BCUT2D eigenvalue weighted by molar-refractivity contribution is 0.0713. The van der Waals surface area contributed by atoms with E-state index in [0.29, 0.717) is 6.61 Å². The molecule has 0 aromatic heterocycles. The summed E-state index contributed by atoms with van der Waals surface area (Å²) >= 11 is 0. The average molecular weight is 483 g/mol. The van der Waals surface area contributed by atoms with Crippen molar-refractivity contribution >= 4 is 6.16 Å². The molecule has 3 nitrogen and oxygen atoms in total. The monoisotopic (exact) mass is 482 g/mol. The zero-order chi connectivity index (χ0) is 24.8. The Labute approximate surface area is 214 Å². The molecule has 0 spiro atoms. The average Bonchev–Trinajstić information content (AvgIpc) is 2.85. The van der Waals surface area contributed by atoms with Crippen LogP contribution in [0.4, 0.5) is 4.79 Å². The van der Waals surface area contributed by atoms with E-state index in [0.717, 1.165) is 12.8 Å². The fourth-order valence-corrected chi connectivity index (χ4v) is 4.81. The number of methoxy groups -OCH3 is 1. The van der Waals surface area contributed by atoms with Gasteiger partial charge in [0.1, 0.15) is 0 Å². The molecule has 204 valence electrons. The molecule has 0 fully saturated rings. The first-order valence-corrected chi connectivity index (χ1v) is 15.5. The maximum absolute atomic E-state index is 10.8. The summed E-state index contributed by atoms with van der Waals surface area (Å²) in [5, 5.41) is 0. The molecule has 0 aliphatic rings. The topological polar surface area (TPSA) is 35.5 Å². The van der Waals surface area contributed by atoms with Gasteiger partial charge in [0.25, 0.3) is 0 Å². The van der Waals surface area contributed by atoms with E-state index in [1.807, 2.05) is 0 Å². The molecule has 0 bridgehead atoms. The predicted octanol–water partition coefficient (Wildman–Crippen LogP) is 11.3. The van der Waals surface area contributed by atoms with Crippen molar-refractivity contribution in [3.63, 3.8) is 0 Å². The molecule has 3 heteroatoms. The molecule has 0 atom stereocenters. The first-order valence-electron chi connectivity index (χ1n) is 15.5. The second-order valence-electron chi connectivity index (χ2n) is 10.5. The van der Waals surface area contributed by atoms with Gasteiger partial charge in [-0.05, 0) is 6.42 Å². The van der Waals surface area contributed by atoms with Crippen LogP contribution in [-0.4, -0.2) is 19.9 Å². The lowest BCUT2D eigenvalue weighted by Gasteiger charge is -2.05. The highest BCUT2D eigenvalue weighted by atomic mass is 16.7. The highest BCUT2D eigenvalue weighted by Crippen LogP contribution is 2.16. The van der Waals surface area contributed by atoms with E-state index in [4.69, 9.17) is 4.74 Å². The number of unbranched alkanes of at least 4 members (excludes halogenated alkanes) is 26. The summed E-state index contributed by atoms with van der Waals surface area (Å²) in [6.45, 7) is 2.79. The molecular weight excluding hydrogens is 420 g/mol. The zero-order valence-electron chi connectivity index (χ0n) is 23.5. The molecule has 0 aliphatic heterocycles. The zero-order valence-corrected chi connectivity index (χ0v) is 23.5. The van der Waals surface area contributed by atoms with Crippen molar-refractivity contribution in [3.05, 3.63) is 0 Å². The van der Waals surface area contributed by atoms with Crippen molar-refractivity contribution in [2.45, 2.75) is 180 Å². The Bertz CT molecular complexity index is 383. The Morgan fingerprint density at radius 2 is 0.647 bits per heavy atom. The Hall–Kier alpha value is -0.730. The van der Waals surface area contributed by atoms with Crippen LogP contribution in [0.25, 0.3) is 0 Å². The summed E-state index contributed by atoms with van der Waals surface area (Å²) in [5.41, 5.74) is 0. The second-order valence-corrected chi connectivity index (χ2v) is 10.5. The number of carbonyl (C=O) groups is 1. The van der Waals surface area contributed by atoms with Gasteiger partial charge < -0.3 is 9.47 Å². The number of ether oxygens (including phenoxy) is 2. The third-order valence-electron chi connectivity index (χ3n) is 7.13. The van der Waals surface area contributed by atoms with Crippen LogP contribution >= 0.6 is 0 Å². The van der Waals surface area contributed by atoms with Gasteiger partial charge in [-0.25, -0.2) is 4.79 Å². The number of hydrogen-bond acceptors (Lipinski definition) is 3. The van der Waals surface area contributed by atoms with E-state index >= 15 is 0 Å². The standard InChI is InChI=1S/C31H62O3/c1-3-4-5-6-7-8-9-10-11-12-13-14-15-16-17-18-19-20-21-22-23-24-25-26-27-28-29-30-34-31(32)33-2/h3-30H2,1-2H3. The van der Waals surface area contributed by atoms with Gasteiger partial charge in [-0.1, -0.05) is 174 Å². The van der Waals surface area contributed by atoms with Crippen LogP contribution in [0.1, 0.15) is 180 Å². The first kappa shape index (κ1) is 33.3. The van der Waals surface area contributed by atoms with E-state index < -0.39 is 6.16 Å². The second kappa shape index (κ2) is 30.3. The number of rotatable bonds is 28. The van der Waals surface area contributed by atoms with Gasteiger partial charge in [0, 0.05) is 0 Å². The molecule has 0 radical (unpaired) electrons. The largest absolute Gasteiger partial charge is 0.507 e. The molecule has 0 aliphatic carbocycles. The van der Waals surface area contributed by atoms with Crippen LogP contribution in [-0.2, 0) is 9.47 Å². The molecule has 0 rings (SSSR count). The number of hydrogen-bond donors (Lipinski definition) is 0. The van der Waals surface area contributed by atoms with Crippen molar-refractivity contribution in [1.29, 1.82) is 0 Å². The van der Waals surface area contributed by atoms with Gasteiger partial charge >= 0.3 is 6.16 Å². The van der Waals surface area contributed by atoms with Crippen molar-refractivity contribution in [1.82, 2.24) is 0 Å². The third-order valence-corrected chi connectivity index (χ3v) is 7.13. The van der Waals surface area contributed by atoms with Crippen LogP contribution in [0, 0.1) is 0 Å². The molecule has 0 aromatic rings. The van der Waals surface area contributed by atoms with E-state index in [-0.39, 0.29) is 0 Å². The Balaban J connectivity index is 3.02. The van der Waals surface area contributed by atoms with Crippen molar-refractivity contribution in [3.8, 4) is 0 Å². The normalized spacial score (nSPS) is 11.1. The molecule has 0 saturated heterocycles. The van der Waals surface area contributed by atoms with Gasteiger partial charge in [0.05, 0.1) is 13.7 Å². The molecular formula is C31H62O3. The smallest absolute Gasteiger partial charge is 0.438 e. The predicted molar refractivity (Wildman–Crippen MR) is 149 cm³/mol. The summed E-state index contributed by atoms with van der Waals surface area (Å²) < 4.78 is 9.34. The summed E-state index contributed by atoms with van der Waals surface area (Å²) in [6, 6.07) is 0. The molecule has 0 amide bonds. The molecule has 0 heterocycles. The fourth-order valence-electron chi connectivity index (χ4n) is 4.81. The lowest BCUT2D eigenvalue weighted by Crippen LogP contribution is -2.05. The molecule has 0 saturated carbocycles. The van der Waals surface area contributed by atoms with Crippen LogP contribution < -0.4 is 0 Å². The minimum atomic E-state index is -0.560. The minimum absolute atomic E-state index is 0.492. The quantitative estimate of drug-likeness (QED) is 0.0821. The van der Waals surface area contributed by atoms with Gasteiger partial charge in [0.2, 0.25) is 0 Å². The van der Waals surface area contributed by atoms with Gasteiger partial charge in [-0.15, -0.1) is 0 Å². The highest BCUT2D eigenvalue weighted by molar-refractivity contribution is 5.59. The summed E-state index contributed by atoms with van der Waals surface area (Å²) in [4.78, 5) is 10.8. The van der Waals surface area contributed by atoms with Gasteiger partial charge in [0.15, 0.2) is 0 Å². The Morgan fingerprint density at radius 3 is 0.882 bits per heavy atom. The first-order chi connectivity index (χ1) is 16.8. The Kier molecular flexibility index (Phi) is 29.7. The Morgan fingerprint density at radius 1 is 0.412 bits per heavy atom. The van der Waals surface area contributed by atoms with Crippen molar-refractivity contribution in [2.75, 3.05) is 13.7 Å². The van der Waals surface area contributed by atoms with E-state index in [1.165, 1.54) is 168 Å². The van der Waals surface area contributed by atoms with E-state index in [2.05, 4.69) is 11.7 Å². The SMILES string of the molecule is CCCCCCCCCCCCCCCCCCCCCCCCCCCCCOC(=O)OC. The maximum Gasteiger partial charge on any atom is 0.507 e. The molecule has 34 heavy (non-hydrogen) atoms. The minimum Gasteiger partial charge on any atom is -0.438 e. The molecule has 0 N–H and O–H groups in total. The third kappa shape index (κ3) is 29.3. The fraction of sp³-hybridized carbons (Fsp3) is 0.968. The summed E-state index contributed by atoms with van der Waals surface area (Å²) in [5.74, 6) is 0. The highest BCUT2D eigenvalue weighted by Gasteiger charge is 1.99.